The smallest absolute Gasteiger partial charge is 0.253 e. The van der Waals surface area contributed by atoms with Crippen molar-refractivity contribution in [3.8, 4) is 16.9 Å². The highest BCUT2D eigenvalue weighted by Gasteiger charge is 2.19. The van der Waals surface area contributed by atoms with Crippen LogP contribution in [-0.4, -0.2) is 38.6 Å². The van der Waals surface area contributed by atoms with Crippen LogP contribution in [-0.2, 0) is 21.8 Å². The summed E-state index contributed by atoms with van der Waals surface area (Å²) in [6.45, 7) is 3.07. The van der Waals surface area contributed by atoms with Crippen LogP contribution in [0.4, 0.5) is 5.69 Å². The lowest BCUT2D eigenvalue weighted by molar-refractivity contribution is 0.0258. The molecule has 0 aliphatic carbocycles. The molecule has 0 unspecified atom stereocenters. The Labute approximate surface area is 159 Å². The summed E-state index contributed by atoms with van der Waals surface area (Å²) in [5.74, 6) is 0.652. The van der Waals surface area contributed by atoms with E-state index in [0.29, 0.717) is 30.2 Å². The molecule has 0 spiro atoms. The van der Waals surface area contributed by atoms with Gasteiger partial charge in [0.15, 0.2) is 0 Å². The molecule has 1 saturated heterocycles. The van der Waals surface area contributed by atoms with Crippen LogP contribution in [0.5, 0.6) is 5.75 Å². The Kier molecular flexibility index (Phi) is 5.57. The Morgan fingerprint density at radius 2 is 1.93 bits per heavy atom. The monoisotopic (exact) mass is 392 g/mol. The van der Waals surface area contributed by atoms with Crippen LogP contribution >= 0.6 is 0 Å². The minimum atomic E-state index is -3.40. The summed E-state index contributed by atoms with van der Waals surface area (Å²) in [6, 6.07) is 6.96. The molecule has 0 amide bonds. The van der Waals surface area contributed by atoms with Gasteiger partial charge in [0.2, 0.25) is 10.0 Å². The van der Waals surface area contributed by atoms with Crippen molar-refractivity contribution >= 4 is 15.7 Å². The average Bonchev–Trinajstić information content (AvgIpc) is 2.60. The second-order valence-corrected chi connectivity index (χ2v) is 8.59. The van der Waals surface area contributed by atoms with Gasteiger partial charge in [-0.15, -0.1) is 0 Å². The number of hydrogen-bond donors (Lipinski definition) is 1. The second-order valence-electron chi connectivity index (χ2n) is 6.84. The van der Waals surface area contributed by atoms with Crippen LogP contribution in [0.2, 0.25) is 0 Å². The zero-order valence-corrected chi connectivity index (χ0v) is 16.5. The number of rotatable bonds is 5. The molecule has 1 fully saturated rings. The van der Waals surface area contributed by atoms with Gasteiger partial charge in [-0.3, -0.25) is 9.52 Å². The predicted octanol–water partition coefficient (Wildman–Crippen LogP) is 2.29. The molecule has 1 aromatic heterocycles. The topological polar surface area (TPSA) is 86.6 Å². The molecule has 0 bridgehead atoms. The Morgan fingerprint density at radius 1 is 1.22 bits per heavy atom. The van der Waals surface area contributed by atoms with Crippen molar-refractivity contribution in [3.63, 3.8) is 0 Å². The van der Waals surface area contributed by atoms with Gasteiger partial charge in [-0.25, -0.2) is 8.42 Å². The van der Waals surface area contributed by atoms with Crippen molar-refractivity contribution in [3.05, 3.63) is 46.4 Å². The SMILES string of the molecule is Cc1cc(-c2cc(NS(C)(=O)=O)ccc2OC2CCOCC2)cn(C)c1=O. The molecule has 1 aliphatic rings. The molecule has 0 atom stereocenters. The first-order valence-electron chi connectivity index (χ1n) is 8.77. The molecule has 0 saturated carbocycles. The Hall–Kier alpha value is -2.32. The van der Waals surface area contributed by atoms with E-state index < -0.39 is 10.0 Å². The van der Waals surface area contributed by atoms with Gasteiger partial charge >= 0.3 is 0 Å². The third-order valence-corrected chi connectivity index (χ3v) is 5.02. The van der Waals surface area contributed by atoms with Crippen molar-refractivity contribution in [1.29, 1.82) is 0 Å². The molecule has 2 heterocycles. The Bertz CT molecular complexity index is 965. The fourth-order valence-electron chi connectivity index (χ4n) is 3.13. The standard InChI is InChI=1S/C19H24N2O5S/c1-13-10-14(12-21(2)19(13)22)17-11-15(20-27(3,23)24)4-5-18(17)26-16-6-8-25-9-7-16/h4-5,10-12,16,20H,6-9H2,1-3H3. The molecule has 146 valence electrons. The number of ether oxygens (including phenoxy) is 2. The first-order chi connectivity index (χ1) is 12.7. The lowest BCUT2D eigenvalue weighted by Gasteiger charge is -2.25. The maximum absolute atomic E-state index is 12.0. The van der Waals surface area contributed by atoms with Crippen molar-refractivity contribution < 1.29 is 17.9 Å². The number of benzene rings is 1. The summed E-state index contributed by atoms with van der Waals surface area (Å²) in [7, 11) is -1.71. The molecule has 1 aromatic carbocycles. The summed E-state index contributed by atoms with van der Waals surface area (Å²) in [6.07, 6.45) is 4.48. The maximum atomic E-state index is 12.0. The predicted molar refractivity (Wildman–Crippen MR) is 105 cm³/mol. The van der Waals surface area contributed by atoms with Crippen molar-refractivity contribution in [2.24, 2.45) is 7.05 Å². The number of sulfonamides is 1. The zero-order valence-electron chi connectivity index (χ0n) is 15.7. The highest BCUT2D eigenvalue weighted by molar-refractivity contribution is 7.92. The van der Waals surface area contributed by atoms with Gasteiger partial charge in [-0.2, -0.15) is 0 Å². The number of hydrogen-bond acceptors (Lipinski definition) is 5. The van der Waals surface area contributed by atoms with Crippen LogP contribution < -0.4 is 15.0 Å². The van der Waals surface area contributed by atoms with Gasteiger partial charge in [-0.1, -0.05) is 0 Å². The Morgan fingerprint density at radius 3 is 2.56 bits per heavy atom. The van der Waals surface area contributed by atoms with Gasteiger partial charge in [0.25, 0.3) is 5.56 Å². The summed E-state index contributed by atoms with van der Waals surface area (Å²) in [5.41, 5.74) is 2.49. The number of aromatic nitrogens is 1. The van der Waals surface area contributed by atoms with E-state index >= 15 is 0 Å². The van der Waals surface area contributed by atoms with Crippen LogP contribution in [0.3, 0.4) is 0 Å². The van der Waals surface area contributed by atoms with E-state index in [4.69, 9.17) is 9.47 Å². The van der Waals surface area contributed by atoms with E-state index in [1.165, 1.54) is 4.57 Å². The number of nitrogens with zero attached hydrogens (tertiary/aromatic N) is 1. The molecular weight excluding hydrogens is 368 g/mol. The summed E-state index contributed by atoms with van der Waals surface area (Å²) in [4.78, 5) is 12.0. The molecule has 27 heavy (non-hydrogen) atoms. The number of aryl methyl sites for hydroxylation is 2. The molecule has 8 heteroatoms. The number of pyridine rings is 1. The van der Waals surface area contributed by atoms with E-state index in [0.717, 1.165) is 30.2 Å². The highest BCUT2D eigenvalue weighted by atomic mass is 32.2. The lowest BCUT2D eigenvalue weighted by atomic mass is 10.0. The highest BCUT2D eigenvalue weighted by Crippen LogP contribution is 2.34. The fraction of sp³-hybridized carbons (Fsp3) is 0.421. The Balaban J connectivity index is 2.05. The molecular formula is C19H24N2O5S. The summed E-state index contributed by atoms with van der Waals surface area (Å²) in [5, 5.41) is 0. The fourth-order valence-corrected chi connectivity index (χ4v) is 3.69. The normalized spacial score (nSPS) is 15.5. The third kappa shape index (κ3) is 4.90. The average molecular weight is 392 g/mol. The quantitative estimate of drug-likeness (QED) is 0.844. The summed E-state index contributed by atoms with van der Waals surface area (Å²) >= 11 is 0. The van der Waals surface area contributed by atoms with Gasteiger partial charge in [0.1, 0.15) is 11.9 Å². The minimum absolute atomic E-state index is 0.0415. The van der Waals surface area contributed by atoms with Crippen molar-refractivity contribution in [2.75, 3.05) is 24.2 Å². The third-order valence-electron chi connectivity index (χ3n) is 4.42. The maximum Gasteiger partial charge on any atom is 0.253 e. The van der Waals surface area contributed by atoms with Crippen LogP contribution in [0, 0.1) is 6.92 Å². The van der Waals surface area contributed by atoms with E-state index in [1.807, 2.05) is 0 Å². The number of nitrogens with one attached hydrogen (secondary N) is 1. The molecule has 0 radical (unpaired) electrons. The molecule has 2 aromatic rings. The summed E-state index contributed by atoms with van der Waals surface area (Å²) < 4.78 is 38.8. The second kappa shape index (κ2) is 7.74. The van der Waals surface area contributed by atoms with E-state index in [2.05, 4.69) is 4.72 Å². The van der Waals surface area contributed by atoms with Gasteiger partial charge in [-0.05, 0) is 31.2 Å². The molecule has 1 N–H and O–H groups in total. The van der Waals surface area contributed by atoms with E-state index in [9.17, 15) is 13.2 Å². The van der Waals surface area contributed by atoms with Crippen molar-refractivity contribution in [2.45, 2.75) is 25.9 Å². The van der Waals surface area contributed by atoms with Crippen LogP contribution in [0.15, 0.2) is 35.3 Å². The largest absolute Gasteiger partial charge is 0.490 e. The molecule has 7 nitrogen and oxygen atoms in total. The lowest BCUT2D eigenvalue weighted by Crippen LogP contribution is -2.26. The zero-order chi connectivity index (χ0) is 19.6. The van der Waals surface area contributed by atoms with Gasteiger partial charge < -0.3 is 14.0 Å². The number of anilines is 1. The molecule has 3 rings (SSSR count). The van der Waals surface area contributed by atoms with Crippen LogP contribution in [0.25, 0.3) is 11.1 Å². The minimum Gasteiger partial charge on any atom is -0.490 e. The molecule has 1 aliphatic heterocycles. The van der Waals surface area contributed by atoms with E-state index in [1.54, 1.807) is 44.4 Å². The van der Waals surface area contributed by atoms with E-state index in [-0.39, 0.29) is 11.7 Å². The first kappa shape index (κ1) is 19.4. The van der Waals surface area contributed by atoms with Crippen molar-refractivity contribution in [1.82, 2.24) is 4.57 Å². The van der Waals surface area contributed by atoms with Gasteiger partial charge in [0, 0.05) is 48.5 Å². The van der Waals surface area contributed by atoms with Gasteiger partial charge in [0.05, 0.1) is 19.5 Å². The van der Waals surface area contributed by atoms with Crippen LogP contribution in [0.1, 0.15) is 18.4 Å². The first-order valence-corrected chi connectivity index (χ1v) is 10.7.